The number of carboxylic acid groups (broad SMARTS) is 1. The number of carbonyl (C=O) groups is 4. The molecule has 2 aliphatic carbocycles. The molecule has 6 atom stereocenters. The number of likely N-dealkylation sites (N-methyl/N-ethyl adjacent to an activating group) is 1. The number of phenolic OH excluding ortho intramolecular Hbond substituents is 1. The van der Waals surface area contributed by atoms with Crippen LogP contribution in [0.4, 0.5) is 0 Å². The van der Waals surface area contributed by atoms with Crippen LogP contribution < -0.4 is 4.74 Å². The Morgan fingerprint density at radius 3 is 2.56 bits per heavy atom. The summed E-state index contributed by atoms with van der Waals surface area (Å²) in [5.41, 5.74) is -0.121. The molecule has 2 aromatic rings. The Balaban J connectivity index is 1.25. The number of carbonyl (C=O) groups excluding carboxylic acids is 3. The van der Waals surface area contributed by atoms with E-state index in [2.05, 4.69) is 4.90 Å². The monoisotopic (exact) mass is 591 g/mol. The number of likely N-dealkylation sites (tertiary alicyclic amines) is 1. The van der Waals surface area contributed by atoms with Gasteiger partial charge in [-0.15, -0.1) is 0 Å². The number of benzene rings is 2. The maximum Gasteiger partial charge on any atom is 0.315 e. The molecule has 0 aromatic heterocycles. The van der Waals surface area contributed by atoms with Crippen LogP contribution in [0.5, 0.6) is 11.5 Å². The van der Waals surface area contributed by atoms with Crippen molar-refractivity contribution in [2.75, 3.05) is 13.6 Å². The number of rotatable bonds is 9. The molecule has 3 N–H and O–H groups in total. The minimum absolute atomic E-state index is 0.0696. The summed E-state index contributed by atoms with van der Waals surface area (Å²) in [5.74, 6) is -4.52. The first kappa shape index (κ1) is 28.9. The van der Waals surface area contributed by atoms with Gasteiger partial charge in [0, 0.05) is 31.4 Å². The molecule has 2 heterocycles. The average Bonchev–Trinajstić information content (AvgIpc) is 3.32. The van der Waals surface area contributed by atoms with Crippen molar-refractivity contribution in [1.29, 1.82) is 0 Å². The topological polar surface area (TPSA) is 160 Å². The number of phenols is 1. The van der Waals surface area contributed by atoms with E-state index in [0.717, 1.165) is 18.1 Å². The Morgan fingerprint density at radius 2 is 1.86 bits per heavy atom. The van der Waals surface area contributed by atoms with Crippen LogP contribution in [0.3, 0.4) is 0 Å². The van der Waals surface area contributed by atoms with Gasteiger partial charge in [0.15, 0.2) is 29.5 Å². The lowest BCUT2D eigenvalue weighted by molar-refractivity contribution is -0.171. The predicted molar refractivity (Wildman–Crippen MR) is 149 cm³/mol. The molecule has 2 bridgehead atoms. The van der Waals surface area contributed by atoms with E-state index in [1.807, 2.05) is 13.1 Å². The zero-order chi connectivity index (χ0) is 30.7. The molecule has 0 unspecified atom stereocenters. The Kier molecular flexibility index (Phi) is 7.05. The summed E-state index contributed by atoms with van der Waals surface area (Å²) in [6.07, 6.45) is -0.771. The van der Waals surface area contributed by atoms with Gasteiger partial charge in [0.05, 0.1) is 23.4 Å². The lowest BCUT2D eigenvalue weighted by atomic mass is 9.50. The minimum atomic E-state index is -1.56. The maximum absolute atomic E-state index is 13.3. The number of piperidine rings is 1. The number of nitrogens with zero attached hydrogens (tertiary/aromatic N) is 1. The number of ketones is 1. The summed E-state index contributed by atoms with van der Waals surface area (Å²) in [5, 5.41) is 32.7. The quantitative estimate of drug-likeness (QED) is 0.367. The van der Waals surface area contributed by atoms with Gasteiger partial charge in [0.1, 0.15) is 5.76 Å². The number of hydrogen-bond donors (Lipinski definition) is 3. The standard InChI is InChI=1S/C32H33NO10/c1-17(34)41-24(22(36)15-20(30(38)39)18-6-4-3-5-7-18)16-26(37)42-23-10-11-32(40)25-14-19-8-9-21(35)28-27(19)31(32,29(23)43-28)12-13-33(25)2/h3-10,20,24-25,29,35,40H,11-16H2,1-2H3,(H,38,39)/t20-,24-,25+,29-,31-,32+/m0/s1. The Hall–Kier alpha value is -4.22. The third-order valence-electron chi connectivity index (χ3n) is 9.51. The first-order valence-corrected chi connectivity index (χ1v) is 14.3. The van der Waals surface area contributed by atoms with Gasteiger partial charge in [-0.1, -0.05) is 36.4 Å². The first-order chi connectivity index (χ1) is 20.5. The number of hydrogen-bond acceptors (Lipinski definition) is 10. The smallest absolute Gasteiger partial charge is 0.315 e. The van der Waals surface area contributed by atoms with Crippen LogP contribution in [0.25, 0.3) is 0 Å². The van der Waals surface area contributed by atoms with Crippen LogP contribution in [0.2, 0.25) is 0 Å². The second kappa shape index (κ2) is 10.5. The molecule has 11 heteroatoms. The zero-order valence-electron chi connectivity index (χ0n) is 23.8. The Morgan fingerprint density at radius 1 is 1.12 bits per heavy atom. The number of ether oxygens (including phenoxy) is 3. The van der Waals surface area contributed by atoms with Crippen molar-refractivity contribution in [3.8, 4) is 11.5 Å². The van der Waals surface area contributed by atoms with Crippen LogP contribution in [0.1, 0.15) is 55.2 Å². The van der Waals surface area contributed by atoms with Crippen molar-refractivity contribution in [1.82, 2.24) is 4.90 Å². The molecular formula is C32H33NO10. The lowest BCUT2D eigenvalue weighted by Gasteiger charge is -2.61. The largest absolute Gasteiger partial charge is 0.504 e. The number of Topliss-reactive ketones (excluding diaryl/α,β-unsaturated/α-hetero) is 1. The van der Waals surface area contributed by atoms with Crippen molar-refractivity contribution < 1.29 is 48.7 Å². The Labute approximate surface area is 247 Å². The third kappa shape index (κ3) is 4.49. The van der Waals surface area contributed by atoms with Crippen molar-refractivity contribution in [3.05, 3.63) is 71.0 Å². The van der Waals surface area contributed by atoms with E-state index in [1.165, 1.54) is 0 Å². The van der Waals surface area contributed by atoms with Gasteiger partial charge in [0.25, 0.3) is 0 Å². The fourth-order valence-electron chi connectivity index (χ4n) is 7.55. The summed E-state index contributed by atoms with van der Waals surface area (Å²) in [4.78, 5) is 52.4. The summed E-state index contributed by atoms with van der Waals surface area (Å²) in [6, 6.07) is 11.4. The molecule has 6 rings (SSSR count). The van der Waals surface area contributed by atoms with Crippen LogP contribution in [0.15, 0.2) is 54.3 Å². The van der Waals surface area contributed by atoms with Crippen molar-refractivity contribution in [3.63, 3.8) is 0 Å². The SMILES string of the molecule is CC(=O)O[C@@H](CC(=O)OC1=CC[C@@]2(O)[C@H]3Cc4ccc(O)c5c4[C@@]2(CCN3C)[C@H]1O5)C(=O)C[C@H](C(=O)O)c1ccccc1. The van der Waals surface area contributed by atoms with Crippen LogP contribution in [-0.2, 0) is 40.5 Å². The van der Waals surface area contributed by atoms with Crippen LogP contribution in [-0.4, -0.2) is 81.4 Å². The highest BCUT2D eigenvalue weighted by molar-refractivity contribution is 5.93. The molecule has 226 valence electrons. The molecule has 1 saturated heterocycles. The molecule has 0 amide bonds. The predicted octanol–water partition coefficient (Wildman–Crippen LogP) is 2.36. The summed E-state index contributed by atoms with van der Waals surface area (Å²) in [7, 11) is 1.96. The fourth-order valence-corrected chi connectivity index (χ4v) is 7.55. The van der Waals surface area contributed by atoms with E-state index in [0.29, 0.717) is 24.9 Å². The molecule has 0 saturated carbocycles. The highest BCUT2D eigenvalue weighted by atomic mass is 16.6. The molecule has 1 spiro atoms. The van der Waals surface area contributed by atoms with Crippen molar-refractivity contribution in [2.24, 2.45) is 0 Å². The first-order valence-electron chi connectivity index (χ1n) is 14.3. The van der Waals surface area contributed by atoms with E-state index in [4.69, 9.17) is 14.2 Å². The van der Waals surface area contributed by atoms with Gasteiger partial charge in [-0.3, -0.25) is 19.2 Å². The lowest BCUT2D eigenvalue weighted by Crippen LogP contribution is -2.74. The highest BCUT2D eigenvalue weighted by Crippen LogP contribution is 2.65. The summed E-state index contributed by atoms with van der Waals surface area (Å²) in [6.45, 7) is 1.74. The number of carboxylic acids is 1. The fraction of sp³-hybridized carbons (Fsp3) is 0.438. The summed E-state index contributed by atoms with van der Waals surface area (Å²) < 4.78 is 17.2. The van der Waals surface area contributed by atoms with E-state index < -0.39 is 65.7 Å². The summed E-state index contributed by atoms with van der Waals surface area (Å²) >= 11 is 0. The molecule has 43 heavy (non-hydrogen) atoms. The number of aromatic hydroxyl groups is 1. The number of aliphatic hydroxyl groups is 1. The van der Waals surface area contributed by atoms with Crippen LogP contribution >= 0.6 is 0 Å². The van der Waals surface area contributed by atoms with Crippen LogP contribution in [0, 0.1) is 0 Å². The number of esters is 2. The Bertz CT molecular complexity index is 1540. The van der Waals surface area contributed by atoms with Gasteiger partial charge in [0.2, 0.25) is 0 Å². The average molecular weight is 592 g/mol. The molecule has 4 aliphatic rings. The van der Waals surface area contributed by atoms with Gasteiger partial charge >= 0.3 is 17.9 Å². The van der Waals surface area contributed by atoms with Crippen molar-refractivity contribution in [2.45, 2.75) is 74.2 Å². The van der Waals surface area contributed by atoms with Crippen molar-refractivity contribution >= 4 is 23.7 Å². The molecule has 0 radical (unpaired) electrons. The van der Waals surface area contributed by atoms with Gasteiger partial charge < -0.3 is 34.4 Å². The third-order valence-corrected chi connectivity index (χ3v) is 9.51. The second-order valence-corrected chi connectivity index (χ2v) is 11.9. The van der Waals surface area contributed by atoms with E-state index in [1.54, 1.807) is 42.5 Å². The molecule has 1 fully saturated rings. The van der Waals surface area contributed by atoms with E-state index in [-0.39, 0.29) is 29.7 Å². The second-order valence-electron chi connectivity index (χ2n) is 11.9. The maximum atomic E-state index is 13.3. The van der Waals surface area contributed by atoms with Gasteiger partial charge in [-0.2, -0.15) is 0 Å². The molecule has 11 nitrogen and oxygen atoms in total. The molecule has 2 aromatic carbocycles. The minimum Gasteiger partial charge on any atom is -0.504 e. The van der Waals surface area contributed by atoms with E-state index in [9.17, 15) is 34.5 Å². The van der Waals surface area contributed by atoms with Gasteiger partial charge in [-0.05, 0) is 49.7 Å². The number of aliphatic carboxylic acids is 1. The van der Waals surface area contributed by atoms with E-state index >= 15 is 0 Å². The molecule has 2 aliphatic heterocycles. The van der Waals surface area contributed by atoms with Gasteiger partial charge in [-0.25, -0.2) is 0 Å². The zero-order valence-corrected chi connectivity index (χ0v) is 23.8. The highest BCUT2D eigenvalue weighted by Gasteiger charge is 2.72. The normalized spacial score (nSPS) is 28.0. The molecular weight excluding hydrogens is 558 g/mol.